The lowest BCUT2D eigenvalue weighted by molar-refractivity contribution is -0.137. The molecule has 1 saturated heterocycles. The first kappa shape index (κ1) is 19.2. The highest BCUT2D eigenvalue weighted by Crippen LogP contribution is 2.30. The minimum absolute atomic E-state index is 0.0222. The van der Waals surface area contributed by atoms with Crippen LogP contribution in [0.3, 0.4) is 0 Å². The number of amides is 1. The van der Waals surface area contributed by atoms with Crippen molar-refractivity contribution in [3.05, 3.63) is 53.7 Å². The van der Waals surface area contributed by atoms with E-state index in [1.165, 1.54) is 0 Å². The van der Waals surface area contributed by atoms with Crippen molar-refractivity contribution in [1.29, 1.82) is 0 Å². The molecule has 0 saturated carbocycles. The van der Waals surface area contributed by atoms with Crippen LogP contribution in [0.5, 0.6) is 11.6 Å². The van der Waals surface area contributed by atoms with Crippen LogP contribution >= 0.6 is 0 Å². The number of nitrogens with zero attached hydrogens (tertiary/aromatic N) is 2. The normalized spacial score (nSPS) is 20.4. The van der Waals surface area contributed by atoms with Gasteiger partial charge in [-0.1, -0.05) is 0 Å². The molecule has 2 heterocycles. The molecule has 1 amide bonds. The maximum absolute atomic E-state index is 12.6. The van der Waals surface area contributed by atoms with Crippen LogP contribution in [-0.2, 0) is 10.9 Å². The van der Waals surface area contributed by atoms with Crippen LogP contribution in [0.4, 0.5) is 13.2 Å². The molecule has 0 aliphatic carbocycles. The van der Waals surface area contributed by atoms with E-state index in [0.717, 1.165) is 12.1 Å². The molecule has 1 fully saturated rings. The molecule has 0 radical (unpaired) electrons. The first-order valence-electron chi connectivity index (χ1n) is 8.48. The third-order valence-corrected chi connectivity index (χ3v) is 4.09. The highest BCUT2D eigenvalue weighted by atomic mass is 19.4. The van der Waals surface area contributed by atoms with Crippen LogP contribution in [-0.4, -0.2) is 41.1 Å². The molecule has 2 aromatic rings. The van der Waals surface area contributed by atoms with Gasteiger partial charge in [0.05, 0.1) is 17.8 Å². The van der Waals surface area contributed by atoms with Gasteiger partial charge in [0, 0.05) is 30.9 Å². The van der Waals surface area contributed by atoms with Crippen molar-refractivity contribution in [2.45, 2.75) is 32.2 Å². The maximum atomic E-state index is 12.6. The number of hydrogen-bond donors (Lipinski definition) is 0. The molecule has 0 bridgehead atoms. The minimum Gasteiger partial charge on any atom is -0.439 e. The Morgan fingerprint density at radius 3 is 2.26 bits per heavy atom. The molecule has 144 valence electrons. The Labute approximate surface area is 154 Å². The van der Waals surface area contributed by atoms with Gasteiger partial charge in [-0.25, -0.2) is 4.98 Å². The lowest BCUT2D eigenvalue weighted by atomic mass is 10.1. The van der Waals surface area contributed by atoms with Gasteiger partial charge in [0.25, 0.3) is 5.91 Å². The number of aromatic nitrogens is 1. The molecule has 0 N–H and O–H groups in total. The minimum atomic E-state index is -4.44. The molecule has 3 rings (SSSR count). The number of carbonyl (C=O) groups excluding carboxylic acids is 1. The third-order valence-electron chi connectivity index (χ3n) is 4.09. The Morgan fingerprint density at radius 1 is 1.11 bits per heavy atom. The number of ether oxygens (including phenoxy) is 2. The summed E-state index contributed by atoms with van der Waals surface area (Å²) in [7, 11) is 0. The van der Waals surface area contributed by atoms with Gasteiger partial charge in [0.1, 0.15) is 5.75 Å². The third kappa shape index (κ3) is 4.77. The largest absolute Gasteiger partial charge is 0.439 e. The van der Waals surface area contributed by atoms with Crippen LogP contribution in [0.1, 0.15) is 29.8 Å². The fraction of sp³-hybridized carbons (Fsp3) is 0.368. The second-order valence-corrected chi connectivity index (χ2v) is 6.48. The summed E-state index contributed by atoms with van der Waals surface area (Å²) in [4.78, 5) is 18.0. The summed E-state index contributed by atoms with van der Waals surface area (Å²) in [6, 6.07) is 8.46. The second-order valence-electron chi connectivity index (χ2n) is 6.48. The summed E-state index contributed by atoms with van der Waals surface area (Å²) in [5, 5.41) is 0. The SMILES string of the molecule is CC1CN(C(=O)c2ccc(Oc3ccc(C(F)(F)F)cn3)cc2)CC(C)O1. The number of halogens is 3. The van der Waals surface area contributed by atoms with Crippen molar-refractivity contribution in [2.24, 2.45) is 0 Å². The highest BCUT2D eigenvalue weighted by molar-refractivity contribution is 5.94. The Bertz CT molecular complexity index is 781. The molecule has 8 heteroatoms. The van der Waals surface area contributed by atoms with Crippen LogP contribution in [0, 0.1) is 0 Å². The zero-order valence-corrected chi connectivity index (χ0v) is 14.9. The van der Waals surface area contributed by atoms with Crippen molar-refractivity contribution >= 4 is 5.91 Å². The van der Waals surface area contributed by atoms with Crippen LogP contribution in [0.15, 0.2) is 42.6 Å². The van der Waals surface area contributed by atoms with Gasteiger partial charge in [-0.3, -0.25) is 4.79 Å². The van der Waals surface area contributed by atoms with Crippen molar-refractivity contribution in [1.82, 2.24) is 9.88 Å². The smallest absolute Gasteiger partial charge is 0.417 e. The summed E-state index contributed by atoms with van der Waals surface area (Å²) < 4.78 is 48.7. The Morgan fingerprint density at radius 2 is 1.74 bits per heavy atom. The topological polar surface area (TPSA) is 51.7 Å². The lowest BCUT2D eigenvalue weighted by Crippen LogP contribution is -2.48. The summed E-state index contributed by atoms with van der Waals surface area (Å²) in [5.41, 5.74) is -0.339. The van der Waals surface area contributed by atoms with E-state index in [-0.39, 0.29) is 24.0 Å². The number of benzene rings is 1. The van der Waals surface area contributed by atoms with Crippen molar-refractivity contribution in [3.8, 4) is 11.6 Å². The van der Waals surface area contributed by atoms with E-state index in [0.29, 0.717) is 30.6 Å². The molecule has 1 aliphatic heterocycles. The lowest BCUT2D eigenvalue weighted by Gasteiger charge is -2.35. The predicted molar refractivity (Wildman–Crippen MR) is 91.7 cm³/mol. The number of morpholine rings is 1. The molecule has 1 aromatic heterocycles. The number of carbonyl (C=O) groups is 1. The average Bonchev–Trinajstić information content (AvgIpc) is 2.61. The quantitative estimate of drug-likeness (QED) is 0.803. The molecule has 2 unspecified atom stereocenters. The van der Waals surface area contributed by atoms with Gasteiger partial charge in [0.15, 0.2) is 0 Å². The van der Waals surface area contributed by atoms with Gasteiger partial charge in [-0.2, -0.15) is 13.2 Å². The van der Waals surface area contributed by atoms with E-state index in [9.17, 15) is 18.0 Å². The molecule has 5 nitrogen and oxygen atoms in total. The van der Waals surface area contributed by atoms with Crippen molar-refractivity contribution in [2.75, 3.05) is 13.1 Å². The van der Waals surface area contributed by atoms with Crippen LogP contribution < -0.4 is 4.74 Å². The maximum Gasteiger partial charge on any atom is 0.417 e. The number of alkyl halides is 3. The molecule has 1 aromatic carbocycles. The van der Waals surface area contributed by atoms with Gasteiger partial charge in [-0.05, 0) is 44.2 Å². The Kier molecular flexibility index (Phi) is 5.36. The highest BCUT2D eigenvalue weighted by Gasteiger charge is 2.30. The summed E-state index contributed by atoms with van der Waals surface area (Å²) in [6.07, 6.45) is -3.77. The van der Waals surface area contributed by atoms with E-state index >= 15 is 0 Å². The zero-order chi connectivity index (χ0) is 19.6. The monoisotopic (exact) mass is 380 g/mol. The molecular weight excluding hydrogens is 361 g/mol. The van der Waals surface area contributed by atoms with Crippen LogP contribution in [0.2, 0.25) is 0 Å². The molecule has 0 spiro atoms. The summed E-state index contributed by atoms with van der Waals surface area (Å²) in [6.45, 7) is 4.89. The van der Waals surface area contributed by atoms with Gasteiger partial charge >= 0.3 is 6.18 Å². The molecule has 27 heavy (non-hydrogen) atoms. The van der Waals surface area contributed by atoms with Crippen LogP contribution in [0.25, 0.3) is 0 Å². The van der Waals surface area contributed by atoms with Gasteiger partial charge in [0.2, 0.25) is 5.88 Å². The number of rotatable bonds is 3. The van der Waals surface area contributed by atoms with E-state index in [2.05, 4.69) is 4.98 Å². The first-order chi connectivity index (χ1) is 12.7. The fourth-order valence-corrected chi connectivity index (χ4v) is 2.92. The number of hydrogen-bond acceptors (Lipinski definition) is 4. The number of pyridine rings is 1. The average molecular weight is 380 g/mol. The van der Waals surface area contributed by atoms with E-state index in [1.54, 1.807) is 29.2 Å². The van der Waals surface area contributed by atoms with Gasteiger partial charge in [-0.15, -0.1) is 0 Å². The Hall–Kier alpha value is -2.61. The predicted octanol–water partition coefficient (Wildman–Crippen LogP) is 4.14. The fourth-order valence-electron chi connectivity index (χ4n) is 2.92. The van der Waals surface area contributed by atoms with Crippen molar-refractivity contribution in [3.63, 3.8) is 0 Å². The van der Waals surface area contributed by atoms with E-state index in [4.69, 9.17) is 9.47 Å². The van der Waals surface area contributed by atoms with E-state index < -0.39 is 11.7 Å². The standard InChI is InChI=1S/C19H19F3N2O3/c1-12-10-24(11-13(2)26-12)18(25)14-3-6-16(7-4-14)27-17-8-5-15(9-23-17)19(20,21)22/h3-9,12-13H,10-11H2,1-2H3. The summed E-state index contributed by atoms with van der Waals surface area (Å²) >= 11 is 0. The Balaban J connectivity index is 1.66. The first-order valence-corrected chi connectivity index (χ1v) is 8.48. The summed E-state index contributed by atoms with van der Waals surface area (Å²) in [5.74, 6) is 0.316. The zero-order valence-electron chi connectivity index (χ0n) is 14.9. The molecule has 2 atom stereocenters. The van der Waals surface area contributed by atoms with E-state index in [1.807, 2.05) is 13.8 Å². The van der Waals surface area contributed by atoms with Gasteiger partial charge < -0.3 is 14.4 Å². The molecular formula is C19H19F3N2O3. The second kappa shape index (κ2) is 7.56. The van der Waals surface area contributed by atoms with Crippen molar-refractivity contribution < 1.29 is 27.4 Å². The molecule has 1 aliphatic rings.